The Hall–Kier alpha value is -6.68. The van der Waals surface area contributed by atoms with Gasteiger partial charge in [0.05, 0.1) is 22.9 Å². The van der Waals surface area contributed by atoms with Crippen molar-refractivity contribution < 1.29 is 0 Å². The van der Waals surface area contributed by atoms with Gasteiger partial charge in [0.1, 0.15) is 0 Å². The molecule has 1 unspecified atom stereocenters. The van der Waals surface area contributed by atoms with E-state index in [0.29, 0.717) is 5.92 Å². The first-order valence-electron chi connectivity index (χ1n) is 18.9. The van der Waals surface area contributed by atoms with Crippen LogP contribution in [0.15, 0.2) is 188 Å². The van der Waals surface area contributed by atoms with Gasteiger partial charge in [0, 0.05) is 48.0 Å². The Morgan fingerprint density at radius 3 is 1.75 bits per heavy atom. The zero-order chi connectivity index (χ0) is 36.3. The highest BCUT2D eigenvalue weighted by Crippen LogP contribution is 2.48. The van der Waals surface area contributed by atoms with Crippen molar-refractivity contribution in [1.82, 2.24) is 9.97 Å². The Morgan fingerprint density at radius 1 is 0.455 bits per heavy atom. The lowest BCUT2D eigenvalue weighted by Gasteiger charge is -2.16. The Morgan fingerprint density at radius 2 is 1.05 bits per heavy atom. The average Bonchev–Trinajstić information content (AvgIpc) is 3.65. The van der Waals surface area contributed by atoms with Gasteiger partial charge in [0.2, 0.25) is 0 Å². The lowest BCUT2D eigenvalue weighted by molar-refractivity contribution is 0.864. The van der Waals surface area contributed by atoms with E-state index in [2.05, 4.69) is 182 Å². The lowest BCUT2D eigenvalue weighted by Crippen LogP contribution is -1.97. The molecule has 11 rings (SSSR count). The molecular weight excluding hydrogens is 685 g/mol. The lowest BCUT2D eigenvalue weighted by atomic mass is 9.88. The van der Waals surface area contributed by atoms with E-state index < -0.39 is 0 Å². The molecular formula is C52H34N2S. The van der Waals surface area contributed by atoms with E-state index in [0.717, 1.165) is 39.5 Å². The molecule has 0 amide bonds. The molecule has 0 radical (unpaired) electrons. The molecule has 0 bridgehead atoms. The maximum atomic E-state index is 5.35. The monoisotopic (exact) mass is 718 g/mol. The molecule has 55 heavy (non-hydrogen) atoms. The van der Waals surface area contributed by atoms with Crippen LogP contribution in [-0.2, 0) is 0 Å². The van der Waals surface area contributed by atoms with Crippen LogP contribution in [0.2, 0.25) is 0 Å². The van der Waals surface area contributed by atoms with E-state index in [-0.39, 0.29) is 0 Å². The van der Waals surface area contributed by atoms with Crippen molar-refractivity contribution in [3.05, 3.63) is 194 Å². The van der Waals surface area contributed by atoms with E-state index in [4.69, 9.17) is 9.97 Å². The standard InChI is InChI=1S/C52H34N2S/c1-4-15-33(16-5-1)38-28-44(35-19-8-3-9-20-35)51-46(30-38)47-31-39(34-17-6-2-7-18-34)29-45(52(47)55-51)36-21-14-22-37(27-36)48-32-53-49-42-25-12-10-23-40(42)41-24-11-13-26-43(41)50(49)54-48/h1-19,21-32,35H,20H2. The molecule has 1 atom stereocenters. The van der Waals surface area contributed by atoms with Crippen LogP contribution in [0.4, 0.5) is 0 Å². The second-order valence-corrected chi connectivity index (χ2v) is 15.5. The summed E-state index contributed by atoms with van der Waals surface area (Å²) < 4.78 is 2.66. The molecule has 0 N–H and O–H groups in total. The normalized spacial score (nSPS) is 14.1. The molecule has 1 aliphatic carbocycles. The fourth-order valence-electron chi connectivity index (χ4n) is 8.51. The molecule has 0 saturated heterocycles. The number of thiophene rings is 1. The predicted molar refractivity (Wildman–Crippen MR) is 235 cm³/mol. The Labute approximate surface area is 323 Å². The molecule has 2 heterocycles. The van der Waals surface area contributed by atoms with Crippen molar-refractivity contribution in [3.8, 4) is 44.6 Å². The summed E-state index contributed by atoms with van der Waals surface area (Å²) in [6, 6.07) is 57.2. The third kappa shape index (κ3) is 5.39. The quantitative estimate of drug-likeness (QED) is 0.166. The van der Waals surface area contributed by atoms with Gasteiger partial charge in [-0.15, -0.1) is 11.3 Å². The minimum Gasteiger partial charge on any atom is -0.252 e. The zero-order valence-corrected chi connectivity index (χ0v) is 30.8. The molecule has 0 aliphatic heterocycles. The summed E-state index contributed by atoms with van der Waals surface area (Å²) in [5, 5.41) is 7.26. The molecule has 0 spiro atoms. The van der Waals surface area contributed by atoms with Crippen LogP contribution in [0.5, 0.6) is 0 Å². The highest BCUT2D eigenvalue weighted by Gasteiger charge is 2.21. The van der Waals surface area contributed by atoms with E-state index in [9.17, 15) is 0 Å². The van der Waals surface area contributed by atoms with Gasteiger partial charge < -0.3 is 0 Å². The molecule has 8 aromatic carbocycles. The van der Waals surface area contributed by atoms with Gasteiger partial charge in [-0.3, -0.25) is 4.98 Å². The predicted octanol–water partition coefficient (Wildman–Crippen LogP) is 14.6. The van der Waals surface area contributed by atoms with Gasteiger partial charge in [0.25, 0.3) is 0 Å². The van der Waals surface area contributed by atoms with Crippen molar-refractivity contribution in [3.63, 3.8) is 0 Å². The molecule has 3 heteroatoms. The minimum absolute atomic E-state index is 0.323. The third-order valence-corrected chi connectivity index (χ3v) is 12.5. The second-order valence-electron chi connectivity index (χ2n) is 14.5. The number of rotatable bonds is 5. The number of fused-ring (bicyclic) bond motifs is 9. The molecule has 2 aromatic heterocycles. The molecule has 0 saturated carbocycles. The van der Waals surface area contributed by atoms with Gasteiger partial charge in [-0.2, -0.15) is 0 Å². The van der Waals surface area contributed by atoms with Crippen LogP contribution >= 0.6 is 11.3 Å². The highest BCUT2D eigenvalue weighted by molar-refractivity contribution is 7.26. The third-order valence-electron chi connectivity index (χ3n) is 11.2. The van der Waals surface area contributed by atoms with Crippen molar-refractivity contribution >= 4 is 64.1 Å². The van der Waals surface area contributed by atoms with Crippen molar-refractivity contribution in [1.29, 1.82) is 0 Å². The van der Waals surface area contributed by atoms with Crippen molar-refractivity contribution in [2.45, 2.75) is 12.3 Å². The van der Waals surface area contributed by atoms with E-state index in [1.165, 1.54) is 69.9 Å². The number of hydrogen-bond donors (Lipinski definition) is 0. The fraction of sp³-hybridized carbons (Fsp3) is 0.0385. The first kappa shape index (κ1) is 31.8. The number of nitrogens with zero attached hydrogens (tertiary/aromatic N) is 2. The maximum Gasteiger partial charge on any atom is 0.0979 e. The summed E-state index contributed by atoms with van der Waals surface area (Å²) in [5.41, 5.74) is 12.5. The molecule has 10 aromatic rings. The SMILES string of the molecule is C1=CCC(c2cc(-c3ccccc3)cc3c2sc2c(-c4cccc(-c5cnc6c7ccccc7c7ccccc7c6n5)c4)cc(-c4ccccc4)cc23)C=C1. The smallest absolute Gasteiger partial charge is 0.0979 e. The number of hydrogen-bond acceptors (Lipinski definition) is 3. The summed E-state index contributed by atoms with van der Waals surface area (Å²) in [5.74, 6) is 0.323. The first-order chi connectivity index (χ1) is 27.3. The number of benzene rings is 8. The minimum atomic E-state index is 0.323. The summed E-state index contributed by atoms with van der Waals surface area (Å²) in [6.45, 7) is 0. The van der Waals surface area contributed by atoms with Gasteiger partial charge in [-0.25, -0.2) is 4.98 Å². The van der Waals surface area contributed by atoms with Crippen molar-refractivity contribution in [2.75, 3.05) is 0 Å². The van der Waals surface area contributed by atoms with Crippen LogP contribution in [0.25, 0.3) is 97.4 Å². The maximum absolute atomic E-state index is 5.35. The summed E-state index contributed by atoms with van der Waals surface area (Å²) in [4.78, 5) is 10.4. The molecule has 0 fully saturated rings. The Kier molecular flexibility index (Phi) is 7.53. The average molecular weight is 719 g/mol. The van der Waals surface area contributed by atoms with Crippen LogP contribution in [0, 0.1) is 0 Å². The fourth-order valence-corrected chi connectivity index (χ4v) is 9.89. The number of aromatic nitrogens is 2. The van der Waals surface area contributed by atoms with Crippen LogP contribution in [-0.4, -0.2) is 9.97 Å². The van der Waals surface area contributed by atoms with Crippen LogP contribution in [0.3, 0.4) is 0 Å². The number of allylic oxidation sites excluding steroid dienone is 4. The molecule has 2 nitrogen and oxygen atoms in total. The van der Waals surface area contributed by atoms with Gasteiger partial charge >= 0.3 is 0 Å². The second kappa shape index (κ2) is 13.0. The van der Waals surface area contributed by atoms with E-state index in [1.807, 2.05) is 17.5 Å². The molecule has 258 valence electrons. The van der Waals surface area contributed by atoms with Gasteiger partial charge in [-0.1, -0.05) is 152 Å². The Bertz CT molecular complexity index is 3140. The van der Waals surface area contributed by atoms with Gasteiger partial charge in [-0.05, 0) is 80.9 Å². The topological polar surface area (TPSA) is 25.8 Å². The molecule has 1 aliphatic rings. The Balaban J connectivity index is 1.15. The van der Waals surface area contributed by atoms with Crippen LogP contribution in [0.1, 0.15) is 17.9 Å². The van der Waals surface area contributed by atoms with Crippen molar-refractivity contribution in [2.24, 2.45) is 0 Å². The summed E-state index contributed by atoms with van der Waals surface area (Å²) in [6.07, 6.45) is 12.0. The highest BCUT2D eigenvalue weighted by atomic mass is 32.1. The van der Waals surface area contributed by atoms with E-state index >= 15 is 0 Å². The first-order valence-corrected chi connectivity index (χ1v) is 19.7. The summed E-state index contributed by atoms with van der Waals surface area (Å²) in [7, 11) is 0. The summed E-state index contributed by atoms with van der Waals surface area (Å²) >= 11 is 1.93. The van der Waals surface area contributed by atoms with E-state index in [1.54, 1.807) is 0 Å². The largest absolute Gasteiger partial charge is 0.252 e. The van der Waals surface area contributed by atoms with Crippen LogP contribution < -0.4 is 0 Å². The van der Waals surface area contributed by atoms with Gasteiger partial charge in [0.15, 0.2) is 0 Å². The zero-order valence-electron chi connectivity index (χ0n) is 30.0.